The number of nitrogens with one attached hydrogen (secondary N) is 1. The van der Waals surface area contributed by atoms with Crippen molar-refractivity contribution in [3.8, 4) is 0 Å². The van der Waals surface area contributed by atoms with Gasteiger partial charge in [-0.05, 0) is 44.4 Å². The Hall–Kier alpha value is -0.0800. The highest BCUT2D eigenvalue weighted by molar-refractivity contribution is 5.05. The maximum absolute atomic E-state index is 4.03. The molecule has 0 radical (unpaired) electrons. The van der Waals surface area contributed by atoms with E-state index in [2.05, 4.69) is 10.2 Å². The van der Waals surface area contributed by atoms with E-state index in [-0.39, 0.29) is 0 Å². The summed E-state index contributed by atoms with van der Waals surface area (Å²) in [5.74, 6) is 0.974. The van der Waals surface area contributed by atoms with E-state index in [1.54, 1.807) is 0 Å². The smallest absolute Gasteiger partial charge is 0.0337 e. The van der Waals surface area contributed by atoms with Crippen molar-refractivity contribution in [2.75, 3.05) is 13.1 Å². The van der Waals surface area contributed by atoms with Crippen molar-refractivity contribution in [1.82, 2.24) is 10.2 Å². The number of piperazine rings is 1. The second kappa shape index (κ2) is 6.20. The molecule has 2 nitrogen and oxygen atoms in total. The molecule has 1 N–H and O–H groups in total. The minimum absolute atomic E-state index is 0.556. The van der Waals surface area contributed by atoms with Gasteiger partial charge in [0.05, 0.1) is 0 Å². The molecule has 1 aliphatic heterocycles. The molecule has 21 heavy (non-hydrogen) atoms. The zero-order chi connectivity index (χ0) is 14.1. The van der Waals surface area contributed by atoms with Gasteiger partial charge in [-0.1, -0.05) is 44.9 Å². The third-order valence-corrected chi connectivity index (χ3v) is 7.21. The van der Waals surface area contributed by atoms with Crippen LogP contribution in [-0.4, -0.2) is 35.6 Å². The van der Waals surface area contributed by atoms with Crippen molar-refractivity contribution in [1.29, 1.82) is 0 Å². The summed E-state index contributed by atoms with van der Waals surface area (Å²) in [6.45, 7) is 2.67. The van der Waals surface area contributed by atoms with Gasteiger partial charge in [-0.25, -0.2) is 0 Å². The van der Waals surface area contributed by atoms with E-state index in [1.165, 1.54) is 96.6 Å². The molecule has 3 aliphatic carbocycles. The zero-order valence-corrected chi connectivity index (χ0v) is 13.8. The van der Waals surface area contributed by atoms with Crippen molar-refractivity contribution in [3.63, 3.8) is 0 Å². The van der Waals surface area contributed by atoms with Crippen LogP contribution in [0.15, 0.2) is 0 Å². The summed E-state index contributed by atoms with van der Waals surface area (Å²) in [5, 5.41) is 4.03. The lowest BCUT2D eigenvalue weighted by Gasteiger charge is -2.53. The molecule has 1 spiro atoms. The summed E-state index contributed by atoms with van der Waals surface area (Å²) < 4.78 is 0. The van der Waals surface area contributed by atoms with E-state index in [4.69, 9.17) is 0 Å². The molecular weight excluding hydrogens is 256 g/mol. The molecule has 120 valence electrons. The van der Waals surface area contributed by atoms with Crippen LogP contribution in [0.2, 0.25) is 0 Å². The van der Waals surface area contributed by atoms with Crippen molar-refractivity contribution >= 4 is 0 Å². The van der Waals surface area contributed by atoms with Crippen LogP contribution in [0.5, 0.6) is 0 Å². The summed E-state index contributed by atoms with van der Waals surface area (Å²) in [4.78, 5) is 3.04. The lowest BCUT2D eigenvalue weighted by Crippen LogP contribution is -2.67. The van der Waals surface area contributed by atoms with Gasteiger partial charge in [0.2, 0.25) is 0 Å². The van der Waals surface area contributed by atoms with Gasteiger partial charge in [-0.3, -0.25) is 4.90 Å². The van der Waals surface area contributed by atoms with Crippen LogP contribution in [0.4, 0.5) is 0 Å². The lowest BCUT2D eigenvalue weighted by atomic mass is 9.80. The number of hydrogen-bond donors (Lipinski definition) is 1. The predicted octanol–water partition coefficient (Wildman–Crippen LogP) is 4.10. The van der Waals surface area contributed by atoms with E-state index in [9.17, 15) is 0 Å². The third-order valence-electron chi connectivity index (χ3n) is 7.21. The van der Waals surface area contributed by atoms with E-state index < -0.39 is 0 Å². The molecule has 4 aliphatic rings. The first-order valence-corrected chi connectivity index (χ1v) is 9.88. The highest BCUT2D eigenvalue weighted by Crippen LogP contribution is 2.42. The highest BCUT2D eigenvalue weighted by Gasteiger charge is 2.47. The topological polar surface area (TPSA) is 15.3 Å². The first-order valence-electron chi connectivity index (χ1n) is 9.88. The van der Waals surface area contributed by atoms with Crippen molar-refractivity contribution in [2.24, 2.45) is 5.92 Å². The molecular formula is C19H34N2. The summed E-state index contributed by atoms with van der Waals surface area (Å²) >= 11 is 0. The quantitative estimate of drug-likeness (QED) is 0.824. The minimum Gasteiger partial charge on any atom is -0.311 e. The van der Waals surface area contributed by atoms with Crippen LogP contribution >= 0.6 is 0 Å². The largest absolute Gasteiger partial charge is 0.311 e. The number of rotatable bonds is 2. The fourth-order valence-corrected chi connectivity index (χ4v) is 5.99. The van der Waals surface area contributed by atoms with E-state index in [1.807, 2.05) is 0 Å². The van der Waals surface area contributed by atoms with Gasteiger partial charge in [0, 0.05) is 30.7 Å². The SMILES string of the molecule is C1CCC(C2CN(C3CCCC3)C3(CCCC3)CN2)CC1. The second-order valence-electron chi connectivity index (χ2n) is 8.41. The molecule has 4 fully saturated rings. The van der Waals surface area contributed by atoms with Gasteiger partial charge in [0.1, 0.15) is 0 Å². The average molecular weight is 290 g/mol. The second-order valence-corrected chi connectivity index (χ2v) is 8.41. The number of hydrogen-bond acceptors (Lipinski definition) is 2. The van der Waals surface area contributed by atoms with Gasteiger partial charge in [-0.15, -0.1) is 0 Å². The zero-order valence-electron chi connectivity index (χ0n) is 13.8. The molecule has 3 saturated carbocycles. The Balaban J connectivity index is 1.49. The van der Waals surface area contributed by atoms with Crippen LogP contribution < -0.4 is 5.32 Å². The van der Waals surface area contributed by atoms with Crippen LogP contribution in [0.25, 0.3) is 0 Å². The van der Waals surface area contributed by atoms with Crippen LogP contribution in [-0.2, 0) is 0 Å². The molecule has 0 aromatic rings. The first-order chi connectivity index (χ1) is 10.4. The fraction of sp³-hybridized carbons (Fsp3) is 1.00. The maximum Gasteiger partial charge on any atom is 0.0337 e. The third kappa shape index (κ3) is 2.79. The van der Waals surface area contributed by atoms with Gasteiger partial charge in [-0.2, -0.15) is 0 Å². The monoisotopic (exact) mass is 290 g/mol. The van der Waals surface area contributed by atoms with E-state index >= 15 is 0 Å². The molecule has 2 heteroatoms. The highest BCUT2D eigenvalue weighted by atomic mass is 15.3. The first kappa shape index (κ1) is 14.5. The minimum atomic E-state index is 0.556. The molecule has 0 aromatic carbocycles. The van der Waals surface area contributed by atoms with Gasteiger partial charge >= 0.3 is 0 Å². The average Bonchev–Trinajstić information content (AvgIpc) is 3.21. The summed E-state index contributed by atoms with van der Waals surface area (Å²) in [7, 11) is 0. The Bertz CT molecular complexity index is 335. The van der Waals surface area contributed by atoms with Crippen molar-refractivity contribution in [2.45, 2.75) is 101 Å². The Morgan fingerprint density at radius 1 is 0.762 bits per heavy atom. The van der Waals surface area contributed by atoms with Crippen LogP contribution in [0.3, 0.4) is 0 Å². The standard InChI is InChI=1S/C19H34N2/c1-2-8-16(9-3-1)18-14-21(17-10-4-5-11-17)19(15-20-18)12-6-7-13-19/h16-18,20H,1-15H2. The van der Waals surface area contributed by atoms with Crippen molar-refractivity contribution in [3.05, 3.63) is 0 Å². The number of nitrogens with zero attached hydrogens (tertiary/aromatic N) is 1. The Kier molecular flexibility index (Phi) is 4.28. The molecule has 0 aromatic heterocycles. The van der Waals surface area contributed by atoms with Gasteiger partial charge in [0.15, 0.2) is 0 Å². The Labute approximate surface area is 131 Å². The summed E-state index contributed by atoms with van der Waals surface area (Å²) in [6, 6.07) is 1.73. The molecule has 1 atom stereocenters. The normalized spacial score (nSPS) is 35.7. The summed E-state index contributed by atoms with van der Waals surface area (Å²) in [6.07, 6.45) is 19.2. The molecule has 1 heterocycles. The van der Waals surface area contributed by atoms with Crippen LogP contribution in [0.1, 0.15) is 83.5 Å². The summed E-state index contributed by atoms with van der Waals surface area (Å²) in [5.41, 5.74) is 0.556. The lowest BCUT2D eigenvalue weighted by molar-refractivity contribution is -0.00752. The molecule has 4 rings (SSSR count). The molecule has 0 amide bonds. The van der Waals surface area contributed by atoms with E-state index in [0.717, 1.165) is 18.0 Å². The Morgan fingerprint density at radius 2 is 1.43 bits per heavy atom. The molecule has 0 bridgehead atoms. The van der Waals surface area contributed by atoms with Crippen molar-refractivity contribution < 1.29 is 0 Å². The van der Waals surface area contributed by atoms with Gasteiger partial charge < -0.3 is 5.32 Å². The molecule has 1 saturated heterocycles. The predicted molar refractivity (Wildman–Crippen MR) is 88.5 cm³/mol. The Morgan fingerprint density at radius 3 is 2.14 bits per heavy atom. The fourth-order valence-electron chi connectivity index (χ4n) is 5.99. The van der Waals surface area contributed by atoms with E-state index in [0.29, 0.717) is 5.54 Å². The van der Waals surface area contributed by atoms with Gasteiger partial charge in [0.25, 0.3) is 0 Å². The molecule has 1 unspecified atom stereocenters. The maximum atomic E-state index is 4.03. The van der Waals surface area contributed by atoms with Crippen LogP contribution in [0, 0.1) is 5.92 Å².